The number of aromatic nitrogens is 5. The third-order valence-electron chi connectivity index (χ3n) is 8.77. The number of carbonyl (C=O) groups excluding carboxylic acids is 1. The second-order valence-corrected chi connectivity index (χ2v) is 11.7. The minimum Gasteiger partial charge on any atom is -0.368 e. The molecule has 222 valence electrons. The van der Waals surface area contributed by atoms with Crippen LogP contribution < -0.4 is 10.2 Å². The maximum atomic E-state index is 12.8. The maximum Gasteiger partial charge on any atom is 0.390 e. The Morgan fingerprint density at radius 1 is 1.15 bits per heavy atom. The fourth-order valence-electron chi connectivity index (χ4n) is 6.69. The first-order chi connectivity index (χ1) is 19.6. The van der Waals surface area contributed by atoms with E-state index in [0.717, 1.165) is 63.4 Å². The molecule has 1 saturated carbocycles. The lowest BCUT2D eigenvalue weighted by Gasteiger charge is -2.43. The number of anilines is 3. The number of piperazine rings is 1. The Kier molecular flexibility index (Phi) is 7.53. The Bertz CT molecular complexity index is 1350. The number of hydrogen-bond acceptors (Lipinski definition) is 8. The van der Waals surface area contributed by atoms with Gasteiger partial charge in [-0.1, -0.05) is 0 Å². The molecule has 5 heterocycles. The lowest BCUT2D eigenvalue weighted by molar-refractivity contribution is -0.139. The first kappa shape index (κ1) is 27.8. The minimum absolute atomic E-state index is 0.0382. The van der Waals surface area contributed by atoms with Crippen molar-refractivity contribution in [1.29, 1.82) is 0 Å². The quantitative estimate of drug-likeness (QED) is 0.439. The lowest BCUT2D eigenvalue weighted by atomic mass is 9.90. The molecule has 2 saturated heterocycles. The monoisotopic (exact) mass is 574 g/mol. The van der Waals surface area contributed by atoms with Crippen LogP contribution in [-0.4, -0.2) is 117 Å². The van der Waals surface area contributed by atoms with E-state index < -0.39 is 12.6 Å². The van der Waals surface area contributed by atoms with E-state index in [1.54, 1.807) is 21.6 Å². The zero-order chi connectivity index (χ0) is 28.7. The van der Waals surface area contributed by atoms with Crippen molar-refractivity contribution in [3.8, 4) is 0 Å². The number of nitrogens with zero attached hydrogens (tertiary/aromatic N) is 9. The van der Waals surface area contributed by atoms with Gasteiger partial charge in [0.15, 0.2) is 5.65 Å². The Morgan fingerprint density at radius 2 is 1.88 bits per heavy atom. The standard InChI is InChI=1S/C27H37F3N10O/c1-35-10-12-37(13-11-35)23(41)18-39-17-21(14-31-39)32-26-33-25-22(4-3-8-40(25)34-26)38-15-19-5-6-20(16-38)24(19)36(2)9-7-27(28,29)30/h3-4,8,14,17,19-20,24H,5-7,9-13,15-16,18H2,1-2H3,(H,32,34)/t19-,20+,24+. The van der Waals surface area contributed by atoms with Crippen molar-refractivity contribution in [3.63, 3.8) is 0 Å². The maximum absolute atomic E-state index is 12.8. The molecule has 6 rings (SSSR count). The van der Waals surface area contributed by atoms with E-state index in [-0.39, 0.29) is 25.0 Å². The molecule has 0 spiro atoms. The lowest BCUT2D eigenvalue weighted by Crippen LogP contribution is -2.52. The molecular formula is C27H37F3N10O. The molecule has 3 aromatic rings. The second-order valence-electron chi connectivity index (χ2n) is 11.7. The van der Waals surface area contributed by atoms with E-state index in [2.05, 4.69) is 32.4 Å². The molecule has 41 heavy (non-hydrogen) atoms. The van der Waals surface area contributed by atoms with Crippen molar-refractivity contribution in [2.45, 2.75) is 38.0 Å². The van der Waals surface area contributed by atoms with Crippen molar-refractivity contribution in [2.75, 3.05) is 70.1 Å². The summed E-state index contributed by atoms with van der Waals surface area (Å²) in [5.74, 6) is 1.10. The Labute approximate surface area is 236 Å². The first-order valence-electron chi connectivity index (χ1n) is 14.3. The second kappa shape index (κ2) is 11.1. The molecule has 2 aliphatic heterocycles. The highest BCUT2D eigenvalue weighted by Gasteiger charge is 2.45. The van der Waals surface area contributed by atoms with E-state index in [4.69, 9.17) is 4.98 Å². The Balaban J connectivity index is 1.11. The van der Waals surface area contributed by atoms with Gasteiger partial charge < -0.3 is 24.9 Å². The van der Waals surface area contributed by atoms with Crippen LogP contribution in [0.2, 0.25) is 0 Å². The number of amides is 1. The normalized spacial score (nSPS) is 23.6. The topological polar surface area (TPSA) is 90.1 Å². The van der Waals surface area contributed by atoms with Gasteiger partial charge in [0.05, 0.1) is 24.0 Å². The van der Waals surface area contributed by atoms with E-state index >= 15 is 0 Å². The van der Waals surface area contributed by atoms with Crippen LogP contribution in [0.4, 0.5) is 30.5 Å². The van der Waals surface area contributed by atoms with E-state index in [1.165, 1.54) is 0 Å². The largest absolute Gasteiger partial charge is 0.390 e. The van der Waals surface area contributed by atoms with Gasteiger partial charge in [-0.05, 0) is 50.9 Å². The average molecular weight is 575 g/mol. The van der Waals surface area contributed by atoms with Crippen LogP contribution in [0.3, 0.4) is 0 Å². The molecule has 1 amide bonds. The smallest absolute Gasteiger partial charge is 0.368 e. The van der Waals surface area contributed by atoms with Crippen molar-refractivity contribution in [1.82, 2.24) is 39.1 Å². The Morgan fingerprint density at radius 3 is 2.59 bits per heavy atom. The molecule has 0 unspecified atom stereocenters. The summed E-state index contributed by atoms with van der Waals surface area (Å²) in [6.07, 6.45) is 2.41. The summed E-state index contributed by atoms with van der Waals surface area (Å²) < 4.78 is 41.8. The van der Waals surface area contributed by atoms with Gasteiger partial charge in [-0.15, -0.1) is 5.10 Å². The van der Waals surface area contributed by atoms with Gasteiger partial charge in [-0.2, -0.15) is 23.3 Å². The van der Waals surface area contributed by atoms with Gasteiger partial charge in [0.2, 0.25) is 11.9 Å². The van der Waals surface area contributed by atoms with Crippen LogP contribution in [0.1, 0.15) is 19.3 Å². The van der Waals surface area contributed by atoms with Crippen LogP contribution in [0.15, 0.2) is 30.7 Å². The highest BCUT2D eigenvalue weighted by molar-refractivity contribution is 5.76. The van der Waals surface area contributed by atoms with Crippen molar-refractivity contribution in [2.24, 2.45) is 11.8 Å². The van der Waals surface area contributed by atoms with E-state index in [1.807, 2.05) is 35.2 Å². The third kappa shape index (κ3) is 6.13. The van der Waals surface area contributed by atoms with E-state index in [9.17, 15) is 18.0 Å². The van der Waals surface area contributed by atoms with Crippen LogP contribution in [-0.2, 0) is 11.3 Å². The molecule has 0 radical (unpaired) electrons. The predicted molar refractivity (Wildman–Crippen MR) is 148 cm³/mol. The molecule has 1 N–H and O–H groups in total. The highest BCUT2D eigenvalue weighted by atomic mass is 19.4. The number of halogens is 3. The van der Waals surface area contributed by atoms with E-state index in [0.29, 0.717) is 23.5 Å². The fraction of sp³-hybridized carbons (Fsp3) is 0.630. The van der Waals surface area contributed by atoms with Crippen molar-refractivity contribution in [3.05, 3.63) is 30.7 Å². The van der Waals surface area contributed by atoms with Gasteiger partial charge in [0.25, 0.3) is 0 Å². The van der Waals surface area contributed by atoms with Gasteiger partial charge in [-0.3, -0.25) is 9.48 Å². The molecule has 3 fully saturated rings. The van der Waals surface area contributed by atoms with Crippen LogP contribution >= 0.6 is 0 Å². The summed E-state index contributed by atoms with van der Waals surface area (Å²) in [5.41, 5.74) is 2.38. The van der Waals surface area contributed by atoms with Crippen LogP contribution in [0.5, 0.6) is 0 Å². The van der Waals surface area contributed by atoms with Crippen LogP contribution in [0.25, 0.3) is 5.65 Å². The molecule has 11 nitrogen and oxygen atoms in total. The zero-order valence-electron chi connectivity index (χ0n) is 23.5. The summed E-state index contributed by atoms with van der Waals surface area (Å²) in [6.45, 7) is 4.97. The average Bonchev–Trinajstić information content (AvgIpc) is 3.62. The van der Waals surface area contributed by atoms with Gasteiger partial charge in [0, 0.05) is 64.2 Å². The first-order valence-corrected chi connectivity index (χ1v) is 14.3. The number of hydrogen-bond donors (Lipinski definition) is 1. The molecule has 14 heteroatoms. The molecule has 3 aromatic heterocycles. The zero-order valence-corrected chi connectivity index (χ0v) is 23.5. The molecule has 0 aromatic carbocycles. The summed E-state index contributed by atoms with van der Waals surface area (Å²) >= 11 is 0. The molecule has 3 aliphatic rings. The highest BCUT2D eigenvalue weighted by Crippen LogP contribution is 2.42. The summed E-state index contributed by atoms with van der Waals surface area (Å²) in [5, 5.41) is 12.1. The molecular weight excluding hydrogens is 537 g/mol. The number of pyridine rings is 1. The fourth-order valence-corrected chi connectivity index (χ4v) is 6.69. The third-order valence-corrected chi connectivity index (χ3v) is 8.77. The summed E-state index contributed by atoms with van der Waals surface area (Å²) in [7, 11) is 3.89. The minimum atomic E-state index is -4.14. The van der Waals surface area contributed by atoms with Gasteiger partial charge in [-0.25, -0.2) is 4.52 Å². The molecule has 1 aliphatic carbocycles. The number of alkyl halides is 3. The number of likely N-dealkylation sites (N-methyl/N-ethyl adjacent to an activating group) is 1. The Hall–Kier alpha value is -3.39. The van der Waals surface area contributed by atoms with Gasteiger partial charge in [0.1, 0.15) is 6.54 Å². The van der Waals surface area contributed by atoms with Crippen molar-refractivity contribution < 1.29 is 18.0 Å². The summed E-state index contributed by atoms with van der Waals surface area (Å²) in [4.78, 5) is 25.7. The number of fused-ring (bicyclic) bond motifs is 3. The SMILES string of the molecule is CN1CCN(C(=O)Cn2cc(Nc3nc4c(N5C[C@H]6CC[C@@H](C5)[C@H]6N(C)CCC(F)(F)F)cccn4n3)cn2)CC1. The number of carbonyl (C=O) groups is 1. The predicted octanol–water partition coefficient (Wildman–Crippen LogP) is 2.54. The van der Waals surface area contributed by atoms with Crippen LogP contribution in [0, 0.1) is 11.8 Å². The molecule has 3 atom stereocenters. The number of rotatable bonds is 8. The number of piperidine rings is 1. The van der Waals surface area contributed by atoms with Gasteiger partial charge >= 0.3 is 6.18 Å². The summed E-state index contributed by atoms with van der Waals surface area (Å²) in [6, 6.07) is 4.14. The molecule has 2 bridgehead atoms. The van der Waals surface area contributed by atoms with Crippen molar-refractivity contribution >= 4 is 28.9 Å². The number of nitrogens with one attached hydrogen (secondary N) is 1.